The molecule has 0 aliphatic rings. The van der Waals surface area contributed by atoms with Crippen molar-refractivity contribution < 1.29 is 10.2 Å². The molecule has 2 aromatic rings. The van der Waals surface area contributed by atoms with Crippen LogP contribution in [-0.4, -0.2) is 10.2 Å². The summed E-state index contributed by atoms with van der Waals surface area (Å²) in [5.74, 6) is 0.236. The van der Waals surface area contributed by atoms with Crippen LogP contribution in [0.1, 0.15) is 18.6 Å². The second-order valence-electron chi connectivity index (χ2n) is 3.94. The SMILES string of the molecule is CC(O)c1ccccc1Nc1ccc(O)cc1. The number of phenols is 1. The molecule has 0 spiro atoms. The van der Waals surface area contributed by atoms with Crippen LogP contribution in [0.2, 0.25) is 0 Å². The summed E-state index contributed by atoms with van der Waals surface area (Å²) in [6, 6.07) is 14.4. The third-order valence-corrected chi connectivity index (χ3v) is 2.56. The molecule has 2 aromatic carbocycles. The minimum Gasteiger partial charge on any atom is -0.508 e. The first kappa shape index (κ1) is 11.5. The van der Waals surface area contributed by atoms with Crippen molar-refractivity contribution in [3.05, 3.63) is 54.1 Å². The van der Waals surface area contributed by atoms with Gasteiger partial charge in [0.05, 0.1) is 6.10 Å². The molecular weight excluding hydrogens is 214 g/mol. The molecule has 1 unspecified atom stereocenters. The summed E-state index contributed by atoms with van der Waals surface area (Å²) in [4.78, 5) is 0. The minimum absolute atomic E-state index is 0.236. The average molecular weight is 229 g/mol. The lowest BCUT2D eigenvalue weighted by atomic mass is 10.1. The molecule has 0 heterocycles. The van der Waals surface area contributed by atoms with Gasteiger partial charge >= 0.3 is 0 Å². The maximum Gasteiger partial charge on any atom is 0.115 e. The summed E-state index contributed by atoms with van der Waals surface area (Å²) in [6.45, 7) is 1.73. The summed E-state index contributed by atoms with van der Waals surface area (Å²) in [5.41, 5.74) is 2.59. The lowest BCUT2D eigenvalue weighted by Gasteiger charge is -2.13. The lowest BCUT2D eigenvalue weighted by molar-refractivity contribution is 0.200. The van der Waals surface area contributed by atoms with E-state index in [0.29, 0.717) is 0 Å². The smallest absolute Gasteiger partial charge is 0.115 e. The van der Waals surface area contributed by atoms with Gasteiger partial charge in [-0.2, -0.15) is 0 Å². The average Bonchev–Trinajstić information content (AvgIpc) is 2.32. The van der Waals surface area contributed by atoms with Crippen LogP contribution in [0.4, 0.5) is 11.4 Å². The molecule has 3 N–H and O–H groups in total. The highest BCUT2D eigenvalue weighted by Crippen LogP contribution is 2.26. The Labute approximate surface area is 100 Å². The Morgan fingerprint density at radius 1 is 1.00 bits per heavy atom. The fourth-order valence-electron chi connectivity index (χ4n) is 1.68. The molecule has 0 radical (unpaired) electrons. The molecule has 2 rings (SSSR count). The number of anilines is 2. The fourth-order valence-corrected chi connectivity index (χ4v) is 1.68. The number of aromatic hydroxyl groups is 1. The van der Waals surface area contributed by atoms with Gasteiger partial charge in [0.15, 0.2) is 0 Å². The molecule has 17 heavy (non-hydrogen) atoms. The van der Waals surface area contributed by atoms with Crippen LogP contribution in [0.3, 0.4) is 0 Å². The minimum atomic E-state index is -0.518. The van der Waals surface area contributed by atoms with E-state index >= 15 is 0 Å². The van der Waals surface area contributed by atoms with Crippen molar-refractivity contribution >= 4 is 11.4 Å². The van der Waals surface area contributed by atoms with E-state index in [1.54, 1.807) is 31.2 Å². The number of nitrogens with one attached hydrogen (secondary N) is 1. The van der Waals surface area contributed by atoms with Gasteiger partial charge in [0.25, 0.3) is 0 Å². The molecular formula is C14H15NO2. The van der Waals surface area contributed by atoms with Gasteiger partial charge in [-0.05, 0) is 37.3 Å². The van der Waals surface area contributed by atoms with E-state index in [9.17, 15) is 10.2 Å². The molecule has 0 bridgehead atoms. The second kappa shape index (κ2) is 4.89. The van der Waals surface area contributed by atoms with Crippen molar-refractivity contribution in [1.82, 2.24) is 0 Å². The Morgan fingerprint density at radius 3 is 2.29 bits per heavy atom. The number of aliphatic hydroxyl groups excluding tert-OH is 1. The highest BCUT2D eigenvalue weighted by Gasteiger charge is 2.06. The van der Waals surface area contributed by atoms with Crippen LogP contribution in [0.25, 0.3) is 0 Å². The van der Waals surface area contributed by atoms with E-state index < -0.39 is 6.10 Å². The second-order valence-corrected chi connectivity index (χ2v) is 3.94. The van der Waals surface area contributed by atoms with Gasteiger partial charge in [-0.25, -0.2) is 0 Å². The summed E-state index contributed by atoms with van der Waals surface area (Å²) in [5, 5.41) is 22.1. The maximum atomic E-state index is 9.65. The number of hydrogen-bond acceptors (Lipinski definition) is 3. The summed E-state index contributed by atoms with van der Waals surface area (Å²) in [6.07, 6.45) is -0.518. The van der Waals surface area contributed by atoms with E-state index in [4.69, 9.17) is 0 Å². The van der Waals surface area contributed by atoms with E-state index in [-0.39, 0.29) is 5.75 Å². The normalized spacial score (nSPS) is 12.1. The zero-order chi connectivity index (χ0) is 12.3. The van der Waals surface area contributed by atoms with Crippen LogP contribution in [0.5, 0.6) is 5.75 Å². The molecule has 0 aliphatic heterocycles. The summed E-state index contributed by atoms with van der Waals surface area (Å²) >= 11 is 0. The van der Waals surface area contributed by atoms with Crippen molar-refractivity contribution in [3.63, 3.8) is 0 Å². The van der Waals surface area contributed by atoms with Gasteiger partial charge in [0.2, 0.25) is 0 Å². The Hall–Kier alpha value is -2.00. The Bertz CT molecular complexity index is 492. The Balaban J connectivity index is 2.26. The third kappa shape index (κ3) is 2.77. The molecule has 0 fully saturated rings. The topological polar surface area (TPSA) is 52.5 Å². The molecule has 3 nitrogen and oxygen atoms in total. The van der Waals surface area contributed by atoms with E-state index in [2.05, 4.69) is 5.32 Å². The first-order valence-corrected chi connectivity index (χ1v) is 5.50. The van der Waals surface area contributed by atoms with E-state index in [1.165, 1.54) is 0 Å². The van der Waals surface area contributed by atoms with Crippen molar-refractivity contribution in [2.75, 3.05) is 5.32 Å². The quantitative estimate of drug-likeness (QED) is 0.708. The predicted molar refractivity (Wildman–Crippen MR) is 68.5 cm³/mol. The van der Waals surface area contributed by atoms with Crippen molar-refractivity contribution in [3.8, 4) is 5.75 Å². The van der Waals surface area contributed by atoms with Gasteiger partial charge in [-0.3, -0.25) is 0 Å². The van der Waals surface area contributed by atoms with Crippen molar-refractivity contribution in [2.24, 2.45) is 0 Å². The van der Waals surface area contributed by atoms with Gasteiger partial charge in [0.1, 0.15) is 5.75 Å². The zero-order valence-corrected chi connectivity index (χ0v) is 9.59. The molecule has 0 amide bonds. The molecule has 0 aromatic heterocycles. The maximum absolute atomic E-state index is 9.65. The summed E-state index contributed by atoms with van der Waals surface area (Å²) in [7, 11) is 0. The number of aliphatic hydroxyl groups is 1. The molecule has 3 heteroatoms. The van der Waals surface area contributed by atoms with Crippen LogP contribution in [0.15, 0.2) is 48.5 Å². The monoisotopic (exact) mass is 229 g/mol. The molecule has 1 atom stereocenters. The number of benzene rings is 2. The van der Waals surface area contributed by atoms with Crippen LogP contribution in [0, 0.1) is 0 Å². The van der Waals surface area contributed by atoms with Gasteiger partial charge < -0.3 is 15.5 Å². The molecule has 0 saturated heterocycles. The van der Waals surface area contributed by atoms with Gasteiger partial charge in [0, 0.05) is 16.9 Å². The van der Waals surface area contributed by atoms with E-state index in [1.807, 2.05) is 24.3 Å². The Kier molecular flexibility index (Phi) is 3.30. The van der Waals surface area contributed by atoms with E-state index in [0.717, 1.165) is 16.9 Å². The Morgan fingerprint density at radius 2 is 1.65 bits per heavy atom. The van der Waals surface area contributed by atoms with Crippen LogP contribution >= 0.6 is 0 Å². The number of rotatable bonds is 3. The molecule has 0 aliphatic carbocycles. The predicted octanol–water partition coefficient (Wildman–Crippen LogP) is 3.19. The van der Waals surface area contributed by atoms with Crippen molar-refractivity contribution in [2.45, 2.75) is 13.0 Å². The highest BCUT2D eigenvalue weighted by molar-refractivity contribution is 5.64. The van der Waals surface area contributed by atoms with Gasteiger partial charge in [-0.15, -0.1) is 0 Å². The number of hydrogen-bond donors (Lipinski definition) is 3. The third-order valence-electron chi connectivity index (χ3n) is 2.56. The van der Waals surface area contributed by atoms with Crippen LogP contribution in [-0.2, 0) is 0 Å². The lowest BCUT2D eigenvalue weighted by Crippen LogP contribution is -1.98. The molecule has 0 saturated carbocycles. The number of phenolic OH excluding ortho intramolecular Hbond substituents is 1. The zero-order valence-electron chi connectivity index (χ0n) is 9.59. The van der Waals surface area contributed by atoms with Crippen LogP contribution < -0.4 is 5.32 Å². The summed E-state index contributed by atoms with van der Waals surface area (Å²) < 4.78 is 0. The number of para-hydroxylation sites is 1. The van der Waals surface area contributed by atoms with Gasteiger partial charge in [-0.1, -0.05) is 18.2 Å². The largest absolute Gasteiger partial charge is 0.508 e. The first-order valence-electron chi connectivity index (χ1n) is 5.50. The molecule has 88 valence electrons. The fraction of sp³-hybridized carbons (Fsp3) is 0.143. The van der Waals surface area contributed by atoms with Crippen molar-refractivity contribution in [1.29, 1.82) is 0 Å². The first-order chi connectivity index (χ1) is 8.16. The standard InChI is InChI=1S/C14H15NO2/c1-10(16)13-4-2-3-5-14(13)15-11-6-8-12(17)9-7-11/h2-10,15-17H,1H3. The highest BCUT2D eigenvalue weighted by atomic mass is 16.3.